The molecular formula is C12H10N4O2S. The molecule has 6 nitrogen and oxygen atoms in total. The van der Waals surface area contributed by atoms with Crippen LogP contribution in [-0.2, 0) is 10.0 Å². The van der Waals surface area contributed by atoms with E-state index in [1.165, 1.54) is 12.4 Å². The fraction of sp³-hybridized carbons (Fsp3) is 0. The molecule has 7 heteroatoms. The maximum Gasteiger partial charge on any atom is 0.265 e. The van der Waals surface area contributed by atoms with Gasteiger partial charge in [0.25, 0.3) is 10.0 Å². The third-order valence-electron chi connectivity index (χ3n) is 2.66. The zero-order chi connectivity index (χ0) is 13.3. The Labute approximate surface area is 109 Å². The molecule has 3 aromatic rings. The summed E-state index contributed by atoms with van der Waals surface area (Å²) in [5, 5.41) is 6.98. The van der Waals surface area contributed by atoms with Crippen molar-refractivity contribution in [2.24, 2.45) is 0 Å². The average Bonchev–Trinajstić information content (AvgIpc) is 2.93. The minimum Gasteiger partial charge on any atom is -0.284 e. The highest BCUT2D eigenvalue weighted by atomic mass is 32.2. The number of nitrogens with zero attached hydrogens (tertiary/aromatic N) is 2. The molecule has 1 aromatic carbocycles. The number of H-pyrrole nitrogens is 1. The first-order valence-corrected chi connectivity index (χ1v) is 7.00. The first kappa shape index (κ1) is 11.7. The highest BCUT2D eigenvalue weighted by Gasteiger charge is 2.16. The Morgan fingerprint density at radius 1 is 1.16 bits per heavy atom. The number of rotatable bonds is 3. The maximum atomic E-state index is 12.1. The van der Waals surface area contributed by atoms with Crippen molar-refractivity contribution < 1.29 is 8.42 Å². The van der Waals surface area contributed by atoms with Gasteiger partial charge in [-0.1, -0.05) is 18.2 Å². The minimum atomic E-state index is -3.65. The fourth-order valence-corrected chi connectivity index (χ4v) is 2.75. The standard InChI is InChI=1S/C12H10N4O2S/c17-19(18,10-7-14-15-8-10)16-11-5-1-3-9-4-2-6-13-12(9)11/h1-8,16H,(H,14,15). The number of benzene rings is 1. The zero-order valence-corrected chi connectivity index (χ0v) is 10.6. The van der Waals surface area contributed by atoms with Gasteiger partial charge in [0, 0.05) is 17.8 Å². The highest BCUT2D eigenvalue weighted by Crippen LogP contribution is 2.23. The SMILES string of the molecule is O=S(=O)(Nc1cccc2cccnc12)c1cn[nH]c1. The van der Waals surface area contributed by atoms with Crippen LogP contribution in [-0.4, -0.2) is 23.6 Å². The molecule has 0 atom stereocenters. The second kappa shape index (κ2) is 4.36. The van der Waals surface area contributed by atoms with Crippen LogP contribution in [0.1, 0.15) is 0 Å². The van der Waals surface area contributed by atoms with Crippen molar-refractivity contribution >= 4 is 26.6 Å². The Hall–Kier alpha value is -2.41. The number of aromatic nitrogens is 3. The summed E-state index contributed by atoms with van der Waals surface area (Å²) in [5.74, 6) is 0. The van der Waals surface area contributed by atoms with Crippen LogP contribution < -0.4 is 4.72 Å². The van der Waals surface area contributed by atoms with Gasteiger partial charge in [0.15, 0.2) is 0 Å². The Balaban J connectivity index is 2.07. The second-order valence-corrected chi connectivity index (χ2v) is 5.60. The van der Waals surface area contributed by atoms with Gasteiger partial charge in [-0.05, 0) is 12.1 Å². The molecule has 19 heavy (non-hydrogen) atoms. The molecule has 96 valence electrons. The molecule has 0 spiro atoms. The third-order valence-corrected chi connectivity index (χ3v) is 3.99. The van der Waals surface area contributed by atoms with E-state index in [1.807, 2.05) is 12.1 Å². The average molecular weight is 274 g/mol. The van der Waals surface area contributed by atoms with Crippen molar-refractivity contribution in [2.45, 2.75) is 4.90 Å². The first-order valence-electron chi connectivity index (χ1n) is 5.52. The Morgan fingerprint density at radius 3 is 2.79 bits per heavy atom. The summed E-state index contributed by atoms with van der Waals surface area (Å²) in [7, 11) is -3.65. The largest absolute Gasteiger partial charge is 0.284 e. The van der Waals surface area contributed by atoms with Crippen LogP contribution in [0.25, 0.3) is 10.9 Å². The third kappa shape index (κ3) is 2.15. The lowest BCUT2D eigenvalue weighted by Gasteiger charge is -2.08. The van der Waals surface area contributed by atoms with Gasteiger partial charge >= 0.3 is 0 Å². The van der Waals surface area contributed by atoms with Gasteiger partial charge in [-0.2, -0.15) is 5.10 Å². The zero-order valence-electron chi connectivity index (χ0n) is 9.74. The molecule has 0 aliphatic carbocycles. The molecule has 0 radical (unpaired) electrons. The Bertz CT molecular complexity index is 807. The number of sulfonamides is 1. The molecule has 2 heterocycles. The van der Waals surface area contributed by atoms with Gasteiger partial charge in [-0.3, -0.25) is 14.8 Å². The van der Waals surface area contributed by atoms with E-state index in [1.54, 1.807) is 24.4 Å². The summed E-state index contributed by atoms with van der Waals surface area (Å²) in [4.78, 5) is 4.28. The Morgan fingerprint density at radius 2 is 2.00 bits per heavy atom. The minimum absolute atomic E-state index is 0.0837. The monoisotopic (exact) mass is 274 g/mol. The van der Waals surface area contributed by atoms with Crippen LogP contribution in [0, 0.1) is 0 Å². The number of hydrogen-bond acceptors (Lipinski definition) is 4. The molecule has 0 bridgehead atoms. The van der Waals surface area contributed by atoms with E-state index in [0.717, 1.165) is 5.39 Å². The topological polar surface area (TPSA) is 87.7 Å². The van der Waals surface area contributed by atoms with Gasteiger partial charge in [0.1, 0.15) is 4.90 Å². The van der Waals surface area contributed by atoms with E-state index in [4.69, 9.17) is 0 Å². The predicted molar refractivity (Wildman–Crippen MR) is 71.1 cm³/mol. The van der Waals surface area contributed by atoms with Crippen LogP contribution in [0.5, 0.6) is 0 Å². The molecule has 0 saturated heterocycles. The van der Waals surface area contributed by atoms with Crippen LogP contribution in [0.2, 0.25) is 0 Å². The van der Waals surface area contributed by atoms with Crippen LogP contribution >= 0.6 is 0 Å². The van der Waals surface area contributed by atoms with Crippen molar-refractivity contribution in [3.63, 3.8) is 0 Å². The number of nitrogens with one attached hydrogen (secondary N) is 2. The van der Waals surface area contributed by atoms with Crippen LogP contribution in [0.3, 0.4) is 0 Å². The van der Waals surface area contributed by atoms with Gasteiger partial charge in [-0.15, -0.1) is 0 Å². The molecular weight excluding hydrogens is 264 g/mol. The quantitative estimate of drug-likeness (QED) is 0.761. The number of pyridine rings is 1. The summed E-state index contributed by atoms with van der Waals surface area (Å²) in [5.41, 5.74) is 1.05. The van der Waals surface area contributed by atoms with E-state index in [-0.39, 0.29) is 4.90 Å². The van der Waals surface area contributed by atoms with E-state index in [2.05, 4.69) is 19.9 Å². The summed E-state index contributed by atoms with van der Waals surface area (Å²) >= 11 is 0. The van der Waals surface area contributed by atoms with Crippen molar-refractivity contribution in [3.05, 3.63) is 48.9 Å². The van der Waals surface area contributed by atoms with E-state index >= 15 is 0 Å². The number of anilines is 1. The molecule has 0 unspecified atom stereocenters. The lowest BCUT2D eigenvalue weighted by Crippen LogP contribution is -2.12. The predicted octanol–water partition coefficient (Wildman–Crippen LogP) is 1.76. The molecule has 0 saturated carbocycles. The number of para-hydroxylation sites is 1. The van der Waals surface area contributed by atoms with Crippen LogP contribution in [0.4, 0.5) is 5.69 Å². The van der Waals surface area contributed by atoms with Gasteiger partial charge in [0.2, 0.25) is 0 Å². The number of hydrogen-bond donors (Lipinski definition) is 2. The maximum absolute atomic E-state index is 12.1. The molecule has 0 aliphatic heterocycles. The lowest BCUT2D eigenvalue weighted by atomic mass is 10.2. The highest BCUT2D eigenvalue weighted by molar-refractivity contribution is 7.92. The summed E-state index contributed by atoms with van der Waals surface area (Å²) in [6.45, 7) is 0. The van der Waals surface area contributed by atoms with Gasteiger partial charge < -0.3 is 0 Å². The summed E-state index contributed by atoms with van der Waals surface area (Å²) < 4.78 is 26.7. The fourth-order valence-electron chi connectivity index (χ4n) is 1.78. The molecule has 0 aliphatic rings. The number of fused-ring (bicyclic) bond motifs is 1. The Kier molecular flexibility index (Phi) is 2.68. The van der Waals surface area contributed by atoms with Crippen molar-refractivity contribution in [1.29, 1.82) is 0 Å². The molecule has 2 N–H and O–H groups in total. The van der Waals surface area contributed by atoms with E-state index < -0.39 is 10.0 Å². The smallest absolute Gasteiger partial charge is 0.265 e. The van der Waals surface area contributed by atoms with Gasteiger partial charge in [-0.25, -0.2) is 8.42 Å². The van der Waals surface area contributed by atoms with Crippen LogP contribution in [0.15, 0.2) is 53.8 Å². The van der Waals surface area contributed by atoms with E-state index in [9.17, 15) is 8.42 Å². The van der Waals surface area contributed by atoms with Crippen molar-refractivity contribution in [2.75, 3.05) is 4.72 Å². The summed E-state index contributed by atoms with van der Waals surface area (Å²) in [6.07, 6.45) is 4.19. The molecule has 0 amide bonds. The van der Waals surface area contributed by atoms with Gasteiger partial charge in [0.05, 0.1) is 17.4 Å². The lowest BCUT2D eigenvalue weighted by molar-refractivity contribution is 0.601. The van der Waals surface area contributed by atoms with Crippen molar-refractivity contribution in [1.82, 2.24) is 15.2 Å². The van der Waals surface area contributed by atoms with Crippen molar-refractivity contribution in [3.8, 4) is 0 Å². The molecule has 0 fully saturated rings. The first-order chi connectivity index (χ1) is 9.17. The second-order valence-electron chi connectivity index (χ2n) is 3.92. The molecule has 2 aromatic heterocycles. The van der Waals surface area contributed by atoms with E-state index in [0.29, 0.717) is 11.2 Å². The summed E-state index contributed by atoms with van der Waals surface area (Å²) in [6, 6.07) is 9.00. The normalized spacial score (nSPS) is 11.6. The molecule has 3 rings (SSSR count). The number of aromatic amines is 1.